The van der Waals surface area contributed by atoms with Gasteiger partial charge in [-0.2, -0.15) is 0 Å². The predicted molar refractivity (Wildman–Crippen MR) is 215 cm³/mol. The van der Waals surface area contributed by atoms with Crippen molar-refractivity contribution in [1.29, 1.82) is 0 Å². The summed E-state index contributed by atoms with van der Waals surface area (Å²) in [5.74, 6) is -0.236. The molecular formula is C45H61N5O5. The number of fused-ring (bicyclic) bond motifs is 6. The van der Waals surface area contributed by atoms with Gasteiger partial charge in [-0.25, -0.2) is 0 Å². The van der Waals surface area contributed by atoms with Gasteiger partial charge in [0.05, 0.1) is 17.7 Å². The molecule has 10 nitrogen and oxygen atoms in total. The Morgan fingerprint density at radius 3 is 2.64 bits per heavy atom. The number of aliphatic hydroxyl groups excluding tert-OH is 2. The summed E-state index contributed by atoms with van der Waals surface area (Å²) < 4.78 is 0. The molecule has 1 spiro atoms. The minimum Gasteiger partial charge on any atom is -0.392 e. The number of hydrogen-bond acceptors (Lipinski definition) is 8. The molecule has 0 radical (unpaired) electrons. The standard InChI is InChI=1S/C45H61N5O5/c1-7-42(54)22-29-24-49(25-42)18-14-31-30-12-9-10-13-34(30)47-37(31)28(5)36(29)32-21-33-35(20-26(32)3)48(6)39-44(33)16-19-50-17-11-15-43(8-2,38(44)50)40(52)45(39,55)41(53)46-23-27(4)51/h9-13,15,20-21,27-29,36,38-40,47,51-52,54-55H,7-8,14,16-19,22-25H2,1-6H3,(H,46,53)/t27?,28-,29+,36?,38?,39?,40-,42?,43-,44?,45+/m1/s1. The first-order valence-electron chi connectivity index (χ1n) is 20.9. The zero-order valence-corrected chi connectivity index (χ0v) is 33.5. The fourth-order valence-electron chi connectivity index (χ4n) is 13.3. The van der Waals surface area contributed by atoms with Gasteiger partial charge in [-0.1, -0.05) is 57.2 Å². The van der Waals surface area contributed by atoms with Crippen molar-refractivity contribution in [3.8, 4) is 0 Å². The molecule has 1 aromatic heterocycles. The van der Waals surface area contributed by atoms with Gasteiger partial charge in [0.15, 0.2) is 5.60 Å². The zero-order chi connectivity index (χ0) is 38.8. The number of aromatic nitrogens is 1. The predicted octanol–water partition coefficient (Wildman–Crippen LogP) is 4.08. The van der Waals surface area contributed by atoms with Gasteiger partial charge >= 0.3 is 0 Å². The van der Waals surface area contributed by atoms with Crippen LogP contribution in [0.4, 0.5) is 5.69 Å². The van der Waals surface area contributed by atoms with Crippen molar-refractivity contribution in [2.24, 2.45) is 11.3 Å². The molecule has 2 saturated heterocycles. The highest BCUT2D eigenvalue weighted by atomic mass is 16.4. The molecule has 3 fully saturated rings. The van der Waals surface area contributed by atoms with Gasteiger partial charge in [0.1, 0.15) is 6.10 Å². The third-order valence-electron chi connectivity index (χ3n) is 15.7. The van der Waals surface area contributed by atoms with Crippen molar-refractivity contribution in [3.05, 3.63) is 76.5 Å². The summed E-state index contributed by atoms with van der Waals surface area (Å²) in [5, 5.41) is 52.1. The van der Waals surface area contributed by atoms with Gasteiger partial charge in [0.2, 0.25) is 0 Å². The van der Waals surface area contributed by atoms with E-state index in [0.29, 0.717) is 19.4 Å². The average Bonchev–Trinajstić information content (AvgIpc) is 3.82. The number of aliphatic hydroxyl groups is 4. The summed E-state index contributed by atoms with van der Waals surface area (Å²) in [7, 11) is 1.98. The third-order valence-corrected chi connectivity index (χ3v) is 15.7. The van der Waals surface area contributed by atoms with Crippen LogP contribution in [0.15, 0.2) is 48.6 Å². The molecule has 3 aromatic rings. The van der Waals surface area contributed by atoms with Crippen molar-refractivity contribution in [3.63, 3.8) is 0 Å². The van der Waals surface area contributed by atoms with Gasteiger partial charge in [0.25, 0.3) is 5.91 Å². The first kappa shape index (κ1) is 37.3. The van der Waals surface area contributed by atoms with E-state index in [2.05, 4.69) is 101 Å². The highest BCUT2D eigenvalue weighted by Gasteiger charge is 2.78. The van der Waals surface area contributed by atoms with E-state index >= 15 is 0 Å². The molecule has 6 N–H and O–H groups in total. The van der Waals surface area contributed by atoms with E-state index in [1.165, 1.54) is 27.7 Å². The zero-order valence-electron chi connectivity index (χ0n) is 33.5. The van der Waals surface area contributed by atoms with E-state index in [1.54, 1.807) is 6.92 Å². The molecule has 6 aliphatic rings. The molecule has 296 valence electrons. The van der Waals surface area contributed by atoms with Crippen LogP contribution in [-0.2, 0) is 16.6 Å². The van der Waals surface area contributed by atoms with Crippen LogP contribution >= 0.6 is 0 Å². The highest BCUT2D eigenvalue weighted by Crippen LogP contribution is 2.67. The first-order chi connectivity index (χ1) is 26.2. The van der Waals surface area contributed by atoms with Crippen molar-refractivity contribution >= 4 is 22.5 Å². The molecule has 1 aliphatic carbocycles. The van der Waals surface area contributed by atoms with Crippen LogP contribution in [0.25, 0.3) is 10.9 Å². The maximum Gasteiger partial charge on any atom is 0.257 e. The molecule has 55 heavy (non-hydrogen) atoms. The van der Waals surface area contributed by atoms with Gasteiger partial charge in [-0.05, 0) is 98.7 Å². The average molecular weight is 752 g/mol. The van der Waals surface area contributed by atoms with Crippen LogP contribution in [0.1, 0.15) is 93.2 Å². The maximum atomic E-state index is 14.5. The normalized spacial score (nSPS) is 39.7. The second-order valence-electron chi connectivity index (χ2n) is 18.5. The number of aryl methyl sites for hydroxylation is 1. The van der Waals surface area contributed by atoms with E-state index in [4.69, 9.17) is 0 Å². The van der Waals surface area contributed by atoms with Gasteiger partial charge < -0.3 is 35.6 Å². The number of para-hydroxylation sites is 1. The van der Waals surface area contributed by atoms with E-state index in [9.17, 15) is 25.2 Å². The molecule has 6 heterocycles. The summed E-state index contributed by atoms with van der Waals surface area (Å²) in [6.45, 7) is 14.4. The van der Waals surface area contributed by atoms with E-state index in [0.717, 1.165) is 62.3 Å². The Labute approximate surface area is 325 Å². The van der Waals surface area contributed by atoms with Crippen LogP contribution in [0.3, 0.4) is 0 Å². The minimum absolute atomic E-state index is 0.0180. The fraction of sp³-hybridized carbons (Fsp3) is 0.622. The SMILES string of the molecule is CCC1(O)C[C@H]2CN(CCc3c([nH]c4ccccc34)[C@H](C)C2c2cc3c(cc2C)N(C)C2C34CCN3CC=C[C@](CC)(C34)[C@@H](O)[C@]2(O)C(=O)NCC(C)O)C1. The van der Waals surface area contributed by atoms with Gasteiger partial charge in [0, 0.05) is 84.8 Å². The lowest BCUT2D eigenvalue weighted by Crippen LogP contribution is -2.81. The summed E-state index contributed by atoms with van der Waals surface area (Å²) in [5.41, 5.74) is 3.94. The number of aromatic amines is 1. The number of anilines is 1. The second kappa shape index (κ2) is 12.9. The first-order valence-corrected chi connectivity index (χ1v) is 20.9. The number of rotatable bonds is 6. The van der Waals surface area contributed by atoms with E-state index < -0.39 is 46.2 Å². The Bertz CT molecular complexity index is 2050. The second-order valence-corrected chi connectivity index (χ2v) is 18.5. The van der Waals surface area contributed by atoms with Crippen LogP contribution in [-0.4, -0.2) is 123 Å². The molecular weight excluding hydrogens is 691 g/mol. The van der Waals surface area contributed by atoms with Crippen LogP contribution in [0.5, 0.6) is 0 Å². The number of likely N-dealkylation sites (N-methyl/N-ethyl adjacent to an activating group) is 1. The monoisotopic (exact) mass is 751 g/mol. The van der Waals surface area contributed by atoms with Crippen LogP contribution in [0, 0.1) is 18.3 Å². The number of benzene rings is 2. The number of H-pyrrole nitrogens is 1. The summed E-state index contributed by atoms with van der Waals surface area (Å²) in [6, 6.07) is 12.5. The Morgan fingerprint density at radius 1 is 1.11 bits per heavy atom. The molecule has 9 rings (SSSR count). The van der Waals surface area contributed by atoms with Crippen molar-refractivity contribution in [2.75, 3.05) is 51.2 Å². The number of nitrogens with one attached hydrogen (secondary N) is 2. The molecule has 1 amide bonds. The molecule has 5 aliphatic heterocycles. The number of hydrogen-bond donors (Lipinski definition) is 6. The lowest BCUT2D eigenvalue weighted by Gasteiger charge is -2.63. The lowest BCUT2D eigenvalue weighted by molar-refractivity contribution is -0.203. The number of amides is 1. The van der Waals surface area contributed by atoms with Crippen molar-refractivity contribution in [2.45, 2.75) is 119 Å². The van der Waals surface area contributed by atoms with Gasteiger partial charge in [-0.3, -0.25) is 14.6 Å². The molecule has 12 atom stereocenters. The Kier molecular flexibility index (Phi) is 8.74. The maximum absolute atomic E-state index is 14.5. The Balaban J connectivity index is 1.26. The smallest absolute Gasteiger partial charge is 0.257 e. The Morgan fingerprint density at radius 2 is 1.89 bits per heavy atom. The fourth-order valence-corrected chi connectivity index (χ4v) is 13.3. The van der Waals surface area contributed by atoms with Crippen molar-refractivity contribution in [1.82, 2.24) is 20.1 Å². The summed E-state index contributed by atoms with van der Waals surface area (Å²) in [4.78, 5) is 25.5. The number of carbonyl (C=O) groups is 1. The molecule has 2 aromatic carbocycles. The number of nitrogens with zero attached hydrogens (tertiary/aromatic N) is 3. The molecule has 2 bridgehead atoms. The Hall–Kier alpha value is -3.25. The van der Waals surface area contributed by atoms with E-state index in [1.807, 2.05) is 7.05 Å². The largest absolute Gasteiger partial charge is 0.392 e. The topological polar surface area (TPSA) is 136 Å². The molecule has 7 unspecified atom stereocenters. The third kappa shape index (κ3) is 5.04. The lowest BCUT2D eigenvalue weighted by atomic mass is 9.47. The van der Waals surface area contributed by atoms with Crippen LogP contribution < -0.4 is 10.2 Å². The van der Waals surface area contributed by atoms with Crippen molar-refractivity contribution < 1.29 is 25.2 Å². The minimum atomic E-state index is -2.16. The van der Waals surface area contributed by atoms with E-state index in [-0.39, 0.29) is 30.3 Å². The summed E-state index contributed by atoms with van der Waals surface area (Å²) >= 11 is 0. The number of carbonyl (C=O) groups excluding carboxylic acids is 1. The molecule has 1 saturated carbocycles. The quantitative estimate of drug-likeness (QED) is 0.208. The van der Waals surface area contributed by atoms with Crippen LogP contribution in [0.2, 0.25) is 0 Å². The molecule has 10 heteroatoms. The van der Waals surface area contributed by atoms with Gasteiger partial charge in [-0.15, -0.1) is 0 Å². The number of piperidine rings is 1. The summed E-state index contributed by atoms with van der Waals surface area (Å²) in [6.07, 6.45) is 5.68. The highest BCUT2D eigenvalue weighted by molar-refractivity contribution is 5.90.